The van der Waals surface area contributed by atoms with Gasteiger partial charge in [-0.25, -0.2) is 4.98 Å². The summed E-state index contributed by atoms with van der Waals surface area (Å²) < 4.78 is 12.3. The average Bonchev–Trinajstić information content (AvgIpc) is 3.15. The normalized spacial score (nSPS) is 14.1. The molecule has 4 rings (SSSR count). The predicted octanol–water partition coefficient (Wildman–Crippen LogP) is 4.38. The third-order valence-corrected chi connectivity index (χ3v) is 6.70. The highest BCUT2D eigenvalue weighted by Crippen LogP contribution is 2.34. The Morgan fingerprint density at radius 2 is 2.00 bits per heavy atom. The zero-order chi connectivity index (χ0) is 18.8. The molecule has 1 aliphatic rings. The van der Waals surface area contributed by atoms with Gasteiger partial charge in [-0.15, -0.1) is 23.1 Å². The number of aromatic nitrogens is 1. The fourth-order valence-electron chi connectivity index (χ4n) is 2.81. The van der Waals surface area contributed by atoms with Crippen LogP contribution in [0, 0.1) is 0 Å². The minimum atomic E-state index is -0.0595. The third-order valence-electron chi connectivity index (χ3n) is 4.52. The Balaban J connectivity index is 1.40. The topological polar surface area (TPSA) is 51.7 Å². The van der Waals surface area contributed by atoms with Crippen molar-refractivity contribution in [3.8, 4) is 11.5 Å². The van der Waals surface area contributed by atoms with Gasteiger partial charge in [0.15, 0.2) is 11.5 Å². The maximum atomic E-state index is 12.7. The fraction of sp³-hybridized carbons (Fsp3) is 0.300. The molecular weight excluding hydrogens is 380 g/mol. The molecule has 0 spiro atoms. The average molecular weight is 401 g/mol. The molecule has 27 heavy (non-hydrogen) atoms. The van der Waals surface area contributed by atoms with E-state index in [1.807, 2.05) is 50.4 Å². The summed E-state index contributed by atoms with van der Waals surface area (Å²) in [5.74, 6) is 1.95. The van der Waals surface area contributed by atoms with Crippen LogP contribution >= 0.6 is 23.1 Å². The maximum Gasteiger partial charge on any atom is 0.233 e. The molecule has 1 aromatic heterocycles. The molecule has 1 aliphatic heterocycles. The Kier molecular flexibility index (Phi) is 5.22. The van der Waals surface area contributed by atoms with Crippen LogP contribution < -0.4 is 9.47 Å². The molecule has 0 bridgehead atoms. The molecule has 2 heterocycles. The highest BCUT2D eigenvalue weighted by atomic mass is 32.2. The molecule has 0 aliphatic carbocycles. The molecule has 7 heteroatoms. The maximum absolute atomic E-state index is 12.7. The Labute approximate surface area is 166 Å². The number of nitrogens with zero attached hydrogens (tertiary/aromatic N) is 2. The van der Waals surface area contributed by atoms with Crippen molar-refractivity contribution in [2.75, 3.05) is 26.0 Å². The van der Waals surface area contributed by atoms with E-state index in [4.69, 9.17) is 9.47 Å². The van der Waals surface area contributed by atoms with Gasteiger partial charge in [0, 0.05) is 11.9 Å². The van der Waals surface area contributed by atoms with Gasteiger partial charge in [-0.3, -0.25) is 4.79 Å². The summed E-state index contributed by atoms with van der Waals surface area (Å²) in [6, 6.07) is 13.8. The lowest BCUT2D eigenvalue weighted by molar-refractivity contribution is -0.128. The number of thioether (sulfide) groups is 1. The molecule has 1 atom stereocenters. The van der Waals surface area contributed by atoms with E-state index in [0.29, 0.717) is 19.0 Å². The number of ether oxygens (including phenoxy) is 2. The van der Waals surface area contributed by atoms with Crippen molar-refractivity contribution in [3.05, 3.63) is 47.5 Å². The van der Waals surface area contributed by atoms with E-state index >= 15 is 0 Å². The minimum Gasteiger partial charge on any atom is -0.486 e. The van der Waals surface area contributed by atoms with Crippen LogP contribution in [0.3, 0.4) is 0 Å². The first-order chi connectivity index (χ1) is 13.1. The Hall–Kier alpha value is -2.25. The van der Waals surface area contributed by atoms with E-state index in [1.165, 1.54) is 11.8 Å². The number of fused-ring (bicyclic) bond motifs is 2. The van der Waals surface area contributed by atoms with Gasteiger partial charge < -0.3 is 14.4 Å². The van der Waals surface area contributed by atoms with Gasteiger partial charge in [0.25, 0.3) is 0 Å². The van der Waals surface area contributed by atoms with Gasteiger partial charge >= 0.3 is 0 Å². The van der Waals surface area contributed by atoms with Crippen LogP contribution in [0.2, 0.25) is 0 Å². The van der Waals surface area contributed by atoms with Crippen LogP contribution in [-0.2, 0) is 4.79 Å². The molecule has 0 N–H and O–H groups in total. The van der Waals surface area contributed by atoms with Crippen molar-refractivity contribution in [2.24, 2.45) is 0 Å². The quantitative estimate of drug-likeness (QED) is 0.595. The highest BCUT2D eigenvalue weighted by molar-refractivity contribution is 8.00. The predicted molar refractivity (Wildman–Crippen MR) is 109 cm³/mol. The molecule has 0 saturated heterocycles. The third kappa shape index (κ3) is 3.89. The van der Waals surface area contributed by atoms with Gasteiger partial charge in [-0.2, -0.15) is 0 Å². The van der Waals surface area contributed by atoms with Crippen LogP contribution in [0.25, 0.3) is 10.2 Å². The van der Waals surface area contributed by atoms with Crippen LogP contribution in [0.5, 0.6) is 11.5 Å². The Morgan fingerprint density at radius 3 is 2.81 bits per heavy atom. The molecule has 0 unspecified atom stereocenters. The van der Waals surface area contributed by atoms with Crippen LogP contribution in [0.1, 0.15) is 18.0 Å². The standard InChI is InChI=1S/C20H20N2O3S2/c1-13(20-21-15-5-3-4-6-18(15)27-20)22(2)19(23)12-26-14-7-8-16-17(11-14)25-10-9-24-16/h3-8,11,13H,9-10,12H2,1-2H3/t13-/m0/s1. The highest BCUT2D eigenvalue weighted by Gasteiger charge is 2.21. The number of para-hydroxylation sites is 1. The van der Waals surface area contributed by atoms with E-state index in [0.717, 1.165) is 31.6 Å². The van der Waals surface area contributed by atoms with Crippen LogP contribution in [0.4, 0.5) is 0 Å². The number of rotatable bonds is 5. The zero-order valence-electron chi connectivity index (χ0n) is 15.2. The molecule has 5 nitrogen and oxygen atoms in total. The number of carbonyl (C=O) groups is 1. The SMILES string of the molecule is C[C@@H](c1nc2ccccc2s1)N(C)C(=O)CSc1ccc2c(c1)OCCO2. The molecule has 1 amide bonds. The number of thiazole rings is 1. The van der Waals surface area contributed by atoms with Crippen molar-refractivity contribution in [1.82, 2.24) is 9.88 Å². The van der Waals surface area contributed by atoms with E-state index in [2.05, 4.69) is 11.1 Å². The van der Waals surface area contributed by atoms with Crippen molar-refractivity contribution in [3.63, 3.8) is 0 Å². The second kappa shape index (κ2) is 7.78. The zero-order valence-corrected chi connectivity index (χ0v) is 16.8. The summed E-state index contributed by atoms with van der Waals surface area (Å²) in [4.78, 5) is 20.1. The van der Waals surface area contributed by atoms with Gasteiger partial charge in [0.1, 0.15) is 18.2 Å². The summed E-state index contributed by atoms with van der Waals surface area (Å²) >= 11 is 3.14. The summed E-state index contributed by atoms with van der Waals surface area (Å²) in [6.45, 7) is 3.15. The Bertz CT molecular complexity index is 940. The second-order valence-corrected chi connectivity index (χ2v) is 8.41. The van der Waals surface area contributed by atoms with Crippen LogP contribution in [-0.4, -0.2) is 41.8 Å². The second-order valence-electron chi connectivity index (χ2n) is 6.29. The lowest BCUT2D eigenvalue weighted by Crippen LogP contribution is -2.31. The molecule has 0 fully saturated rings. The first-order valence-corrected chi connectivity index (χ1v) is 10.6. The lowest BCUT2D eigenvalue weighted by atomic mass is 10.3. The van der Waals surface area contributed by atoms with E-state index in [-0.39, 0.29) is 11.9 Å². The molecular formula is C20H20N2O3S2. The van der Waals surface area contributed by atoms with Gasteiger partial charge in [-0.05, 0) is 37.3 Å². The molecule has 2 aromatic carbocycles. The summed E-state index contributed by atoms with van der Waals surface area (Å²) in [6.07, 6.45) is 0. The summed E-state index contributed by atoms with van der Waals surface area (Å²) in [5.41, 5.74) is 0.982. The number of carbonyl (C=O) groups excluding carboxylic acids is 1. The monoisotopic (exact) mass is 400 g/mol. The van der Waals surface area contributed by atoms with Crippen molar-refractivity contribution in [2.45, 2.75) is 17.9 Å². The largest absolute Gasteiger partial charge is 0.486 e. The molecule has 0 saturated carbocycles. The van der Waals surface area contributed by atoms with Gasteiger partial charge in [0.2, 0.25) is 5.91 Å². The number of hydrogen-bond acceptors (Lipinski definition) is 6. The molecule has 3 aromatic rings. The smallest absolute Gasteiger partial charge is 0.233 e. The molecule has 140 valence electrons. The first-order valence-electron chi connectivity index (χ1n) is 8.75. The summed E-state index contributed by atoms with van der Waals surface area (Å²) in [7, 11) is 1.84. The lowest BCUT2D eigenvalue weighted by Gasteiger charge is -2.23. The van der Waals surface area contributed by atoms with Crippen molar-refractivity contribution >= 4 is 39.2 Å². The molecule has 0 radical (unpaired) electrons. The van der Waals surface area contributed by atoms with Gasteiger partial charge in [-0.1, -0.05) is 12.1 Å². The minimum absolute atomic E-state index is 0.0595. The van der Waals surface area contributed by atoms with Gasteiger partial charge in [0.05, 0.1) is 22.0 Å². The van der Waals surface area contributed by atoms with E-state index < -0.39 is 0 Å². The van der Waals surface area contributed by atoms with Crippen LogP contribution in [0.15, 0.2) is 47.4 Å². The van der Waals surface area contributed by atoms with Crippen molar-refractivity contribution in [1.29, 1.82) is 0 Å². The van der Waals surface area contributed by atoms with E-state index in [9.17, 15) is 4.79 Å². The van der Waals surface area contributed by atoms with Crippen molar-refractivity contribution < 1.29 is 14.3 Å². The Morgan fingerprint density at radius 1 is 1.22 bits per heavy atom. The number of hydrogen-bond donors (Lipinski definition) is 0. The first kappa shape index (κ1) is 18.1. The summed E-state index contributed by atoms with van der Waals surface area (Å²) in [5, 5.41) is 0.955. The number of amides is 1. The number of benzene rings is 2. The van der Waals surface area contributed by atoms with E-state index in [1.54, 1.807) is 16.2 Å². The fourth-order valence-corrected chi connectivity index (χ4v) is 4.72.